The molecule has 5 heterocycles. The highest BCUT2D eigenvalue weighted by Gasteiger charge is 2.45. The van der Waals surface area contributed by atoms with Gasteiger partial charge in [-0.3, -0.25) is 38.9 Å². The summed E-state index contributed by atoms with van der Waals surface area (Å²) < 4.78 is 28.3. The van der Waals surface area contributed by atoms with Gasteiger partial charge in [0.2, 0.25) is 11.8 Å². The number of imide groups is 2. The van der Waals surface area contributed by atoms with Gasteiger partial charge < -0.3 is 25.0 Å². The van der Waals surface area contributed by atoms with Crippen molar-refractivity contribution in [3.63, 3.8) is 0 Å². The molecule has 0 radical (unpaired) electrons. The maximum atomic E-state index is 14.5. The van der Waals surface area contributed by atoms with E-state index in [1.54, 1.807) is 43.5 Å². The number of nitrogens with one attached hydrogen (secondary N) is 3. The Morgan fingerprint density at radius 2 is 1.71 bits per heavy atom. The van der Waals surface area contributed by atoms with Crippen LogP contribution in [0.3, 0.4) is 0 Å². The lowest BCUT2D eigenvalue weighted by atomic mass is 9.85. The van der Waals surface area contributed by atoms with Crippen LogP contribution < -0.4 is 20.7 Å². The zero-order chi connectivity index (χ0) is 43.5. The number of piperidine rings is 2. The van der Waals surface area contributed by atoms with E-state index < -0.39 is 41.2 Å². The molecular weight excluding hydrogens is 796 g/mol. The summed E-state index contributed by atoms with van der Waals surface area (Å²) in [5, 5.41) is 14.2. The first-order valence-corrected chi connectivity index (χ1v) is 21.8. The van der Waals surface area contributed by atoms with Gasteiger partial charge in [-0.25, -0.2) is 9.37 Å². The number of amides is 5. The molecule has 16 heteroatoms. The van der Waals surface area contributed by atoms with Gasteiger partial charge in [-0.15, -0.1) is 0 Å². The van der Waals surface area contributed by atoms with Crippen LogP contribution >= 0.6 is 0 Å². The number of carbonyl (C=O) groups is 5. The summed E-state index contributed by atoms with van der Waals surface area (Å²) in [5.41, 5.74) is 1.00. The predicted molar refractivity (Wildman–Crippen MR) is 230 cm³/mol. The van der Waals surface area contributed by atoms with Crippen molar-refractivity contribution >= 4 is 51.8 Å². The van der Waals surface area contributed by atoms with Crippen molar-refractivity contribution in [1.82, 2.24) is 29.9 Å². The highest BCUT2D eigenvalue weighted by molar-refractivity contribution is 6.25. The van der Waals surface area contributed by atoms with Crippen molar-refractivity contribution in [2.75, 3.05) is 57.1 Å². The number of aromatic nitrogens is 3. The number of likely N-dealkylation sites (tertiary alicyclic amines) is 1. The Kier molecular flexibility index (Phi) is 12.7. The second-order valence-electron chi connectivity index (χ2n) is 17.5. The van der Waals surface area contributed by atoms with Crippen LogP contribution in [0.5, 0.6) is 5.75 Å². The summed E-state index contributed by atoms with van der Waals surface area (Å²) in [7, 11) is 1.55. The van der Waals surface area contributed by atoms with Crippen LogP contribution in [-0.4, -0.2) is 107 Å². The number of halogens is 1. The molecule has 62 heavy (non-hydrogen) atoms. The second-order valence-corrected chi connectivity index (χ2v) is 17.5. The Hall–Kier alpha value is -5.74. The van der Waals surface area contributed by atoms with Gasteiger partial charge >= 0.3 is 0 Å². The van der Waals surface area contributed by atoms with Gasteiger partial charge in [-0.2, -0.15) is 5.10 Å². The quantitative estimate of drug-likeness (QED) is 0.0909. The first-order valence-electron chi connectivity index (χ1n) is 21.8. The molecule has 0 spiro atoms. The van der Waals surface area contributed by atoms with Gasteiger partial charge in [0.05, 0.1) is 41.2 Å². The first-order chi connectivity index (χ1) is 29.9. The summed E-state index contributed by atoms with van der Waals surface area (Å²) in [5.74, 6) is -0.858. The van der Waals surface area contributed by atoms with Crippen LogP contribution in [-0.2, 0) is 20.0 Å². The van der Waals surface area contributed by atoms with E-state index in [0.29, 0.717) is 48.2 Å². The fraction of sp³-hybridized carbons (Fsp3) is 0.500. The van der Waals surface area contributed by atoms with E-state index in [0.717, 1.165) is 87.0 Å². The minimum atomic E-state index is -1.67. The number of hydrogen-bond acceptors (Lipinski definition) is 11. The molecular formula is C46H55FN8O7. The minimum absolute atomic E-state index is 0.0787. The third kappa shape index (κ3) is 9.36. The zero-order valence-electron chi connectivity index (χ0n) is 35.6. The zero-order valence-corrected chi connectivity index (χ0v) is 35.6. The standard InChI is InChI=1S/C46H55FN8O7/c1-46(2,47)39-10-5-9-34(49-39)42(57)50-36-23-30-26-54(52-35(30)24-38(36)61-3)31-13-11-28(12-14-31)25-53-20-17-29(18-21-53)27-62-22-6-19-48-33-8-4-7-32-41(33)45(60)55(44(32)59)37-15-16-40(56)51-43(37)58/h4-5,7-10,23-24,26,28-29,31,37,48H,6,11-22,25,27H2,1-3H3,(H,50,57)(H,51,56,58)/t28-,31-,37?. The van der Waals surface area contributed by atoms with Crippen molar-refractivity contribution < 1.29 is 37.8 Å². The number of hydrogen-bond donors (Lipinski definition) is 3. The first kappa shape index (κ1) is 42.9. The summed E-state index contributed by atoms with van der Waals surface area (Å²) >= 11 is 0. The maximum absolute atomic E-state index is 14.5. The molecule has 4 aromatic rings. The third-order valence-corrected chi connectivity index (χ3v) is 12.7. The molecule has 328 valence electrons. The number of methoxy groups -OCH3 is 1. The van der Waals surface area contributed by atoms with Crippen molar-refractivity contribution in [3.05, 3.63) is 77.2 Å². The molecule has 5 amide bonds. The van der Waals surface area contributed by atoms with Gasteiger partial charge in [0, 0.05) is 56.1 Å². The lowest BCUT2D eigenvalue weighted by Crippen LogP contribution is -2.54. The van der Waals surface area contributed by atoms with Gasteiger partial charge in [0.25, 0.3) is 17.7 Å². The average molecular weight is 851 g/mol. The average Bonchev–Trinajstić information content (AvgIpc) is 3.79. The summed E-state index contributed by atoms with van der Waals surface area (Å²) in [6, 6.07) is 12.8. The summed E-state index contributed by atoms with van der Waals surface area (Å²) in [4.78, 5) is 71.5. The monoisotopic (exact) mass is 850 g/mol. The van der Waals surface area contributed by atoms with Gasteiger partial charge in [0.15, 0.2) is 0 Å². The largest absolute Gasteiger partial charge is 0.494 e. The van der Waals surface area contributed by atoms with E-state index in [1.165, 1.54) is 13.8 Å². The molecule has 1 saturated carbocycles. The number of nitrogens with zero attached hydrogens (tertiary/aromatic N) is 5. The van der Waals surface area contributed by atoms with Crippen LogP contribution in [0.25, 0.3) is 10.9 Å². The maximum Gasteiger partial charge on any atom is 0.274 e. The van der Waals surface area contributed by atoms with Crippen molar-refractivity contribution in [3.8, 4) is 5.75 Å². The van der Waals surface area contributed by atoms with Gasteiger partial charge in [-0.1, -0.05) is 12.1 Å². The second kappa shape index (κ2) is 18.3. The molecule has 3 N–H and O–H groups in total. The molecule has 4 aliphatic rings. The fourth-order valence-corrected chi connectivity index (χ4v) is 9.21. The number of benzene rings is 2. The Morgan fingerprint density at radius 3 is 2.45 bits per heavy atom. The molecule has 15 nitrogen and oxygen atoms in total. The normalized spacial score (nSPS) is 21.3. The van der Waals surface area contributed by atoms with Crippen molar-refractivity contribution in [1.29, 1.82) is 0 Å². The number of pyridine rings is 1. The Labute approximate surface area is 360 Å². The Balaban J connectivity index is 0.739. The number of fused-ring (bicyclic) bond motifs is 2. The van der Waals surface area contributed by atoms with E-state index in [1.807, 2.05) is 18.3 Å². The number of anilines is 2. The Bertz CT molecular complexity index is 2340. The highest BCUT2D eigenvalue weighted by Crippen LogP contribution is 2.37. The number of alkyl halides is 1. The van der Waals surface area contributed by atoms with Crippen LogP contribution in [0.1, 0.15) is 115 Å². The topological polar surface area (TPSA) is 177 Å². The summed E-state index contributed by atoms with van der Waals surface area (Å²) in [6.45, 7) is 7.91. The van der Waals surface area contributed by atoms with Crippen molar-refractivity contribution in [2.45, 2.75) is 89.4 Å². The van der Waals surface area contributed by atoms with E-state index in [2.05, 4.69) is 30.5 Å². The molecule has 2 saturated heterocycles. The van der Waals surface area contributed by atoms with Gasteiger partial charge in [0.1, 0.15) is 23.2 Å². The molecule has 1 aliphatic carbocycles. The molecule has 2 aromatic carbocycles. The molecule has 3 aliphatic heterocycles. The van der Waals surface area contributed by atoms with Crippen LogP contribution in [0, 0.1) is 11.8 Å². The van der Waals surface area contributed by atoms with Crippen LogP contribution in [0.15, 0.2) is 54.7 Å². The van der Waals surface area contributed by atoms with Gasteiger partial charge in [-0.05, 0) is 120 Å². The van der Waals surface area contributed by atoms with E-state index >= 15 is 0 Å². The highest BCUT2D eigenvalue weighted by atomic mass is 19.1. The summed E-state index contributed by atoms with van der Waals surface area (Å²) in [6.07, 6.45) is 9.55. The number of carbonyl (C=O) groups excluding carboxylic acids is 5. The number of rotatable bonds is 15. The SMILES string of the molecule is COc1cc2nn([C@H]3CC[C@H](CN4CCC(COCCCNc5cccc6c5C(=O)N(C5CCC(=O)NC5=O)C6=O)CC4)CC3)cc2cc1NC(=O)c1cccc(C(C)(C)F)n1. The van der Waals surface area contributed by atoms with Crippen molar-refractivity contribution in [2.24, 2.45) is 11.8 Å². The lowest BCUT2D eigenvalue weighted by Gasteiger charge is -2.36. The van der Waals surface area contributed by atoms with E-state index in [-0.39, 0.29) is 35.4 Å². The van der Waals surface area contributed by atoms with Crippen LogP contribution in [0.2, 0.25) is 0 Å². The molecule has 1 unspecified atom stereocenters. The lowest BCUT2D eigenvalue weighted by molar-refractivity contribution is -0.136. The molecule has 3 fully saturated rings. The number of ether oxygens (including phenoxy) is 2. The van der Waals surface area contributed by atoms with E-state index in [4.69, 9.17) is 14.6 Å². The smallest absolute Gasteiger partial charge is 0.274 e. The molecule has 1 atom stereocenters. The minimum Gasteiger partial charge on any atom is -0.494 e. The third-order valence-electron chi connectivity index (χ3n) is 12.7. The fourth-order valence-electron chi connectivity index (χ4n) is 9.21. The molecule has 0 bridgehead atoms. The Morgan fingerprint density at radius 1 is 0.935 bits per heavy atom. The molecule has 2 aromatic heterocycles. The molecule has 8 rings (SSSR count). The van der Waals surface area contributed by atoms with E-state index in [9.17, 15) is 28.4 Å². The predicted octanol–water partition coefficient (Wildman–Crippen LogP) is 6.26. The van der Waals surface area contributed by atoms with Crippen LogP contribution in [0.4, 0.5) is 15.8 Å².